The molecular weight excluding hydrogens is 343 g/mol. The number of carbonyl (C=O) groups is 2. The first-order valence-corrected chi connectivity index (χ1v) is 8.27. The fourth-order valence-electron chi connectivity index (χ4n) is 1.95. The summed E-state index contributed by atoms with van der Waals surface area (Å²) in [5.41, 5.74) is 0.656. The molecule has 1 N–H and O–H groups in total. The standard InChI is InChI=1S/C15H20F3N3O2S/c1-20(9-14(23)21(2)10-15(16,17)18)8-13(22)19-11-6-4-5-7-12(11)24-3/h4-7H,8-10H2,1-3H3,(H,19,22). The van der Waals surface area contributed by atoms with Gasteiger partial charge in [0.1, 0.15) is 6.54 Å². The Morgan fingerprint density at radius 1 is 1.17 bits per heavy atom. The molecule has 9 heteroatoms. The summed E-state index contributed by atoms with van der Waals surface area (Å²) in [5.74, 6) is -1.04. The molecule has 0 heterocycles. The van der Waals surface area contributed by atoms with Gasteiger partial charge in [-0.3, -0.25) is 14.5 Å². The third-order valence-electron chi connectivity index (χ3n) is 3.04. The maximum atomic E-state index is 12.3. The van der Waals surface area contributed by atoms with E-state index in [0.29, 0.717) is 10.6 Å². The normalized spacial score (nSPS) is 11.5. The number of halogens is 3. The van der Waals surface area contributed by atoms with E-state index >= 15 is 0 Å². The Balaban J connectivity index is 2.51. The number of benzene rings is 1. The summed E-state index contributed by atoms with van der Waals surface area (Å²) in [6, 6.07) is 7.25. The zero-order valence-electron chi connectivity index (χ0n) is 13.7. The van der Waals surface area contributed by atoms with Gasteiger partial charge < -0.3 is 10.2 Å². The van der Waals surface area contributed by atoms with Gasteiger partial charge >= 0.3 is 6.18 Å². The van der Waals surface area contributed by atoms with Crippen LogP contribution in [0, 0.1) is 0 Å². The van der Waals surface area contributed by atoms with E-state index in [1.54, 1.807) is 12.1 Å². The molecule has 1 rings (SSSR count). The molecule has 1 aromatic rings. The Kier molecular flexibility index (Phi) is 7.56. The minimum Gasteiger partial charge on any atom is -0.336 e. The van der Waals surface area contributed by atoms with Gasteiger partial charge in [0.2, 0.25) is 11.8 Å². The van der Waals surface area contributed by atoms with E-state index in [1.807, 2.05) is 18.4 Å². The fourth-order valence-corrected chi connectivity index (χ4v) is 2.50. The number of nitrogens with one attached hydrogen (secondary N) is 1. The number of rotatable bonds is 7. The summed E-state index contributed by atoms with van der Waals surface area (Å²) in [4.78, 5) is 26.6. The number of carbonyl (C=O) groups excluding carboxylic acids is 2. The molecule has 0 aliphatic carbocycles. The third kappa shape index (κ3) is 7.22. The smallest absolute Gasteiger partial charge is 0.336 e. The van der Waals surface area contributed by atoms with E-state index in [9.17, 15) is 22.8 Å². The average Bonchev–Trinajstić information content (AvgIpc) is 2.45. The van der Waals surface area contributed by atoms with Gasteiger partial charge in [0.15, 0.2) is 0 Å². The first-order valence-electron chi connectivity index (χ1n) is 7.04. The molecule has 0 atom stereocenters. The number of amides is 2. The number of thioether (sulfide) groups is 1. The summed E-state index contributed by atoms with van der Waals surface area (Å²) in [7, 11) is 2.58. The predicted octanol–water partition coefficient (Wildman–Crippen LogP) is 2.30. The van der Waals surface area contributed by atoms with E-state index in [0.717, 1.165) is 11.9 Å². The van der Waals surface area contributed by atoms with Gasteiger partial charge in [0.05, 0.1) is 18.8 Å². The van der Waals surface area contributed by atoms with Crippen molar-refractivity contribution in [2.45, 2.75) is 11.1 Å². The van der Waals surface area contributed by atoms with E-state index in [-0.39, 0.29) is 19.0 Å². The summed E-state index contributed by atoms with van der Waals surface area (Å²) in [5, 5.41) is 2.73. The Labute approximate surface area is 143 Å². The Morgan fingerprint density at radius 2 is 1.79 bits per heavy atom. The quantitative estimate of drug-likeness (QED) is 0.756. The number of likely N-dealkylation sites (N-methyl/N-ethyl adjacent to an activating group) is 2. The molecule has 0 saturated carbocycles. The van der Waals surface area contributed by atoms with Crippen molar-refractivity contribution in [1.29, 1.82) is 0 Å². The summed E-state index contributed by atoms with van der Waals surface area (Å²) >= 11 is 1.48. The molecule has 0 unspecified atom stereocenters. The third-order valence-corrected chi connectivity index (χ3v) is 3.84. The van der Waals surface area contributed by atoms with Crippen molar-refractivity contribution in [3.63, 3.8) is 0 Å². The maximum Gasteiger partial charge on any atom is 0.406 e. The summed E-state index contributed by atoms with van der Waals surface area (Å²) in [6.45, 7) is -1.69. The molecule has 24 heavy (non-hydrogen) atoms. The molecule has 134 valence electrons. The maximum absolute atomic E-state index is 12.3. The van der Waals surface area contributed by atoms with Gasteiger partial charge in [-0.05, 0) is 25.4 Å². The van der Waals surface area contributed by atoms with Gasteiger partial charge in [0, 0.05) is 11.9 Å². The van der Waals surface area contributed by atoms with E-state index in [2.05, 4.69) is 5.32 Å². The molecular formula is C15H20F3N3O2S. The van der Waals surface area contributed by atoms with Crippen molar-refractivity contribution in [3.8, 4) is 0 Å². The first-order chi connectivity index (χ1) is 11.1. The van der Waals surface area contributed by atoms with Crippen molar-refractivity contribution >= 4 is 29.3 Å². The Hall–Kier alpha value is -1.74. The van der Waals surface area contributed by atoms with Gasteiger partial charge in [0.25, 0.3) is 0 Å². The molecule has 5 nitrogen and oxygen atoms in total. The highest BCUT2D eigenvalue weighted by Crippen LogP contribution is 2.24. The highest BCUT2D eigenvalue weighted by atomic mass is 32.2. The van der Waals surface area contributed by atoms with Crippen LogP contribution in [-0.4, -0.2) is 67.8 Å². The molecule has 0 bridgehead atoms. The minimum atomic E-state index is -4.44. The highest BCUT2D eigenvalue weighted by Gasteiger charge is 2.31. The van der Waals surface area contributed by atoms with Gasteiger partial charge in [-0.1, -0.05) is 12.1 Å². The van der Waals surface area contributed by atoms with Crippen LogP contribution in [0.4, 0.5) is 18.9 Å². The van der Waals surface area contributed by atoms with E-state index in [1.165, 1.54) is 23.7 Å². The SMILES string of the molecule is CSc1ccccc1NC(=O)CN(C)CC(=O)N(C)CC(F)(F)F. The van der Waals surface area contributed by atoms with Crippen molar-refractivity contribution in [2.24, 2.45) is 0 Å². The van der Waals surface area contributed by atoms with Crippen LogP contribution < -0.4 is 5.32 Å². The Morgan fingerprint density at radius 3 is 2.38 bits per heavy atom. The molecule has 0 radical (unpaired) electrons. The zero-order valence-corrected chi connectivity index (χ0v) is 14.5. The van der Waals surface area contributed by atoms with E-state index in [4.69, 9.17) is 0 Å². The number of nitrogens with zero attached hydrogens (tertiary/aromatic N) is 2. The molecule has 0 spiro atoms. The predicted molar refractivity (Wildman–Crippen MR) is 88.0 cm³/mol. The number of para-hydroxylation sites is 1. The van der Waals surface area contributed by atoms with Crippen molar-refractivity contribution in [1.82, 2.24) is 9.80 Å². The highest BCUT2D eigenvalue weighted by molar-refractivity contribution is 7.98. The monoisotopic (exact) mass is 363 g/mol. The fraction of sp³-hybridized carbons (Fsp3) is 0.467. The van der Waals surface area contributed by atoms with Crippen LogP contribution in [0.1, 0.15) is 0 Å². The second kappa shape index (κ2) is 8.93. The van der Waals surface area contributed by atoms with Gasteiger partial charge in [-0.2, -0.15) is 13.2 Å². The van der Waals surface area contributed by atoms with Crippen molar-refractivity contribution < 1.29 is 22.8 Å². The molecule has 0 aliphatic rings. The van der Waals surface area contributed by atoms with Crippen LogP contribution in [0.2, 0.25) is 0 Å². The molecule has 0 fully saturated rings. The lowest BCUT2D eigenvalue weighted by molar-refractivity contribution is -0.158. The molecule has 0 aromatic heterocycles. The average molecular weight is 363 g/mol. The van der Waals surface area contributed by atoms with Crippen molar-refractivity contribution in [3.05, 3.63) is 24.3 Å². The topological polar surface area (TPSA) is 52.7 Å². The number of anilines is 1. The van der Waals surface area contributed by atoms with Crippen LogP contribution in [-0.2, 0) is 9.59 Å². The second-order valence-corrected chi connectivity index (χ2v) is 6.13. The van der Waals surface area contributed by atoms with Crippen LogP contribution >= 0.6 is 11.8 Å². The number of alkyl halides is 3. The lowest BCUT2D eigenvalue weighted by atomic mass is 10.3. The van der Waals surface area contributed by atoms with Gasteiger partial charge in [-0.25, -0.2) is 0 Å². The Bertz CT molecular complexity index is 581. The van der Waals surface area contributed by atoms with E-state index < -0.39 is 18.6 Å². The zero-order chi connectivity index (χ0) is 18.3. The second-order valence-electron chi connectivity index (χ2n) is 5.29. The first kappa shape index (κ1) is 20.3. The summed E-state index contributed by atoms with van der Waals surface area (Å²) in [6.07, 6.45) is -2.56. The largest absolute Gasteiger partial charge is 0.406 e. The van der Waals surface area contributed by atoms with Gasteiger partial charge in [-0.15, -0.1) is 11.8 Å². The van der Waals surface area contributed by atoms with Crippen molar-refractivity contribution in [2.75, 3.05) is 45.3 Å². The molecule has 1 aromatic carbocycles. The molecule has 0 aliphatic heterocycles. The minimum absolute atomic E-state index is 0.103. The lowest BCUT2D eigenvalue weighted by Crippen LogP contribution is -2.43. The van der Waals surface area contributed by atoms with Crippen LogP contribution in [0.25, 0.3) is 0 Å². The lowest BCUT2D eigenvalue weighted by Gasteiger charge is -2.22. The van der Waals surface area contributed by atoms with Crippen LogP contribution in [0.15, 0.2) is 29.2 Å². The summed E-state index contributed by atoms with van der Waals surface area (Å²) < 4.78 is 36.8. The molecule has 2 amide bonds. The molecule has 0 saturated heterocycles. The number of hydrogen-bond donors (Lipinski definition) is 1. The van der Waals surface area contributed by atoms with Crippen LogP contribution in [0.5, 0.6) is 0 Å². The van der Waals surface area contributed by atoms with Crippen LogP contribution in [0.3, 0.4) is 0 Å². The number of hydrogen-bond acceptors (Lipinski definition) is 4.